The first-order valence-electron chi connectivity index (χ1n) is 5.18. The first kappa shape index (κ1) is 10.2. The van der Waals surface area contributed by atoms with Crippen LogP contribution in [-0.4, -0.2) is 31.2 Å². The minimum atomic E-state index is -0.130. The third-order valence-corrected chi connectivity index (χ3v) is 2.65. The molecule has 0 aromatic heterocycles. The van der Waals surface area contributed by atoms with Gasteiger partial charge in [0.05, 0.1) is 19.3 Å². The summed E-state index contributed by atoms with van der Waals surface area (Å²) in [5.41, 5.74) is 1.07. The van der Waals surface area contributed by atoms with Crippen molar-refractivity contribution in [2.75, 3.05) is 26.3 Å². The highest BCUT2D eigenvalue weighted by Crippen LogP contribution is 2.20. The third-order valence-electron chi connectivity index (χ3n) is 2.65. The molecule has 15 heavy (non-hydrogen) atoms. The Labute approximate surface area is 89.9 Å². The first-order valence-corrected chi connectivity index (χ1v) is 5.18. The lowest BCUT2D eigenvalue weighted by atomic mass is 10.1. The zero-order valence-corrected chi connectivity index (χ0v) is 8.60. The summed E-state index contributed by atoms with van der Waals surface area (Å²) in [6.45, 7) is 3.14. The molecule has 0 radical (unpaired) electrons. The number of morpholine rings is 1. The van der Waals surface area contributed by atoms with Crippen molar-refractivity contribution in [3.05, 3.63) is 35.9 Å². The van der Waals surface area contributed by atoms with E-state index in [1.807, 2.05) is 30.3 Å². The Kier molecular flexibility index (Phi) is 3.33. The van der Waals surface area contributed by atoms with Gasteiger partial charge in [-0.05, 0) is 5.56 Å². The summed E-state index contributed by atoms with van der Waals surface area (Å²) in [5, 5.41) is 9.20. The second-order valence-electron chi connectivity index (χ2n) is 3.59. The van der Waals surface area contributed by atoms with Crippen LogP contribution in [0, 0.1) is 11.3 Å². The zero-order chi connectivity index (χ0) is 10.5. The minimum absolute atomic E-state index is 0.130. The lowest BCUT2D eigenvalue weighted by molar-refractivity contribution is 0.0266. The van der Waals surface area contributed by atoms with Crippen LogP contribution in [0.25, 0.3) is 0 Å². The molecule has 1 aromatic carbocycles. The number of benzene rings is 1. The van der Waals surface area contributed by atoms with Crippen LogP contribution in [0.2, 0.25) is 0 Å². The topological polar surface area (TPSA) is 36.3 Å². The van der Waals surface area contributed by atoms with E-state index in [0.29, 0.717) is 0 Å². The van der Waals surface area contributed by atoms with Crippen LogP contribution in [0.4, 0.5) is 0 Å². The fourth-order valence-electron chi connectivity index (χ4n) is 1.84. The molecular weight excluding hydrogens is 188 g/mol. The molecule has 1 saturated heterocycles. The molecule has 0 unspecified atom stereocenters. The SMILES string of the molecule is N#C[C@H](c1ccccc1)N1CCOCC1. The molecule has 1 aliphatic rings. The molecule has 1 fully saturated rings. The molecule has 1 heterocycles. The molecule has 0 N–H and O–H groups in total. The van der Waals surface area contributed by atoms with Gasteiger partial charge >= 0.3 is 0 Å². The third kappa shape index (κ3) is 2.35. The van der Waals surface area contributed by atoms with Crippen LogP contribution >= 0.6 is 0 Å². The monoisotopic (exact) mass is 202 g/mol. The van der Waals surface area contributed by atoms with Gasteiger partial charge in [-0.3, -0.25) is 4.90 Å². The average molecular weight is 202 g/mol. The molecule has 0 spiro atoms. The molecule has 1 atom stereocenters. The molecule has 0 aliphatic carbocycles. The molecule has 3 heteroatoms. The van der Waals surface area contributed by atoms with Gasteiger partial charge in [-0.25, -0.2) is 0 Å². The van der Waals surface area contributed by atoms with E-state index < -0.39 is 0 Å². The minimum Gasteiger partial charge on any atom is -0.379 e. The van der Waals surface area contributed by atoms with E-state index in [1.54, 1.807) is 0 Å². The normalized spacial score (nSPS) is 19.4. The molecule has 1 aliphatic heterocycles. The van der Waals surface area contributed by atoms with E-state index in [2.05, 4.69) is 11.0 Å². The number of hydrogen-bond acceptors (Lipinski definition) is 3. The van der Waals surface area contributed by atoms with Gasteiger partial charge in [0.1, 0.15) is 6.04 Å². The summed E-state index contributed by atoms with van der Waals surface area (Å²) < 4.78 is 5.28. The van der Waals surface area contributed by atoms with Crippen molar-refractivity contribution in [3.63, 3.8) is 0 Å². The van der Waals surface area contributed by atoms with E-state index in [4.69, 9.17) is 4.74 Å². The highest BCUT2D eigenvalue weighted by atomic mass is 16.5. The van der Waals surface area contributed by atoms with Crippen molar-refractivity contribution in [1.82, 2.24) is 4.90 Å². The second kappa shape index (κ2) is 4.92. The molecule has 0 saturated carbocycles. The Morgan fingerprint density at radius 2 is 1.87 bits per heavy atom. The Morgan fingerprint density at radius 1 is 1.20 bits per heavy atom. The molecule has 2 rings (SSSR count). The van der Waals surface area contributed by atoms with E-state index in [-0.39, 0.29) is 6.04 Å². The first-order chi connectivity index (χ1) is 7.42. The number of rotatable bonds is 2. The van der Waals surface area contributed by atoms with Crippen LogP contribution in [0.3, 0.4) is 0 Å². The predicted octanol–water partition coefficient (Wildman–Crippen LogP) is 1.58. The Hall–Kier alpha value is -1.37. The maximum absolute atomic E-state index is 9.20. The van der Waals surface area contributed by atoms with E-state index in [0.717, 1.165) is 31.9 Å². The summed E-state index contributed by atoms with van der Waals surface area (Å²) in [5.74, 6) is 0. The molecule has 0 amide bonds. The Bertz CT molecular complexity index is 338. The van der Waals surface area contributed by atoms with Gasteiger partial charge < -0.3 is 4.74 Å². The van der Waals surface area contributed by atoms with Crippen LogP contribution in [0.15, 0.2) is 30.3 Å². The van der Waals surface area contributed by atoms with Crippen molar-refractivity contribution in [2.24, 2.45) is 0 Å². The van der Waals surface area contributed by atoms with Crippen LogP contribution < -0.4 is 0 Å². The van der Waals surface area contributed by atoms with E-state index >= 15 is 0 Å². The van der Waals surface area contributed by atoms with Gasteiger partial charge in [-0.1, -0.05) is 30.3 Å². The van der Waals surface area contributed by atoms with Crippen LogP contribution in [0.1, 0.15) is 11.6 Å². The predicted molar refractivity (Wildman–Crippen MR) is 57.2 cm³/mol. The zero-order valence-electron chi connectivity index (χ0n) is 8.60. The summed E-state index contributed by atoms with van der Waals surface area (Å²) in [6, 6.07) is 12.1. The Balaban J connectivity index is 2.14. The summed E-state index contributed by atoms with van der Waals surface area (Å²) in [6.07, 6.45) is 0. The van der Waals surface area contributed by atoms with Crippen molar-refractivity contribution in [3.8, 4) is 6.07 Å². The quantitative estimate of drug-likeness (QED) is 0.730. The van der Waals surface area contributed by atoms with E-state index in [9.17, 15) is 5.26 Å². The largest absolute Gasteiger partial charge is 0.379 e. The van der Waals surface area contributed by atoms with Crippen LogP contribution in [-0.2, 0) is 4.74 Å². The lowest BCUT2D eigenvalue weighted by Gasteiger charge is -2.30. The van der Waals surface area contributed by atoms with Gasteiger partial charge in [-0.15, -0.1) is 0 Å². The lowest BCUT2D eigenvalue weighted by Crippen LogP contribution is -2.38. The van der Waals surface area contributed by atoms with Gasteiger partial charge in [0.15, 0.2) is 0 Å². The standard InChI is InChI=1S/C12H14N2O/c13-10-12(11-4-2-1-3-5-11)14-6-8-15-9-7-14/h1-5,12H,6-9H2/t12-/m1/s1. The van der Waals surface area contributed by atoms with E-state index in [1.165, 1.54) is 0 Å². The maximum Gasteiger partial charge on any atom is 0.124 e. The fourth-order valence-corrected chi connectivity index (χ4v) is 1.84. The van der Waals surface area contributed by atoms with Crippen molar-refractivity contribution in [1.29, 1.82) is 5.26 Å². The van der Waals surface area contributed by atoms with Gasteiger partial charge in [-0.2, -0.15) is 5.26 Å². The number of hydrogen-bond donors (Lipinski definition) is 0. The van der Waals surface area contributed by atoms with Gasteiger partial charge in [0.2, 0.25) is 0 Å². The smallest absolute Gasteiger partial charge is 0.124 e. The number of ether oxygens (including phenoxy) is 1. The van der Waals surface area contributed by atoms with Crippen LogP contribution in [0.5, 0.6) is 0 Å². The van der Waals surface area contributed by atoms with Crippen molar-refractivity contribution >= 4 is 0 Å². The molecular formula is C12H14N2O. The van der Waals surface area contributed by atoms with Gasteiger partial charge in [0, 0.05) is 13.1 Å². The molecule has 0 bridgehead atoms. The summed E-state index contributed by atoms with van der Waals surface area (Å²) in [7, 11) is 0. The molecule has 3 nitrogen and oxygen atoms in total. The number of nitriles is 1. The second-order valence-corrected chi connectivity index (χ2v) is 3.59. The van der Waals surface area contributed by atoms with Crippen molar-refractivity contribution < 1.29 is 4.74 Å². The average Bonchev–Trinajstić information content (AvgIpc) is 2.33. The molecule has 1 aromatic rings. The summed E-state index contributed by atoms with van der Waals surface area (Å²) in [4.78, 5) is 2.17. The number of nitrogens with zero attached hydrogens (tertiary/aromatic N) is 2. The molecule has 78 valence electrons. The fraction of sp³-hybridized carbons (Fsp3) is 0.417. The van der Waals surface area contributed by atoms with Crippen molar-refractivity contribution in [2.45, 2.75) is 6.04 Å². The van der Waals surface area contributed by atoms with Gasteiger partial charge in [0.25, 0.3) is 0 Å². The maximum atomic E-state index is 9.20. The summed E-state index contributed by atoms with van der Waals surface area (Å²) >= 11 is 0. The highest BCUT2D eigenvalue weighted by molar-refractivity contribution is 5.24. The highest BCUT2D eigenvalue weighted by Gasteiger charge is 2.21. The Morgan fingerprint density at radius 3 is 2.47 bits per heavy atom.